The summed E-state index contributed by atoms with van der Waals surface area (Å²) in [7, 11) is -1.38. The molecule has 10 heteroatoms. The zero-order valence-electron chi connectivity index (χ0n) is 27.0. The average Bonchev–Trinajstić information content (AvgIpc) is 3.50. The van der Waals surface area contributed by atoms with Crippen molar-refractivity contribution in [2.75, 3.05) is 62.5 Å². The number of fused-ring (bicyclic) bond motifs is 1. The zero-order valence-corrected chi connectivity index (χ0v) is 27.8. The molecule has 0 bridgehead atoms. The van der Waals surface area contributed by atoms with E-state index in [1.165, 1.54) is 5.56 Å². The van der Waals surface area contributed by atoms with Crippen LogP contribution in [0.5, 0.6) is 0 Å². The Labute approximate surface area is 277 Å². The van der Waals surface area contributed by atoms with Crippen LogP contribution < -0.4 is 10.2 Å². The lowest BCUT2D eigenvalue weighted by Gasteiger charge is -2.39. The number of anilines is 2. The molecule has 3 heterocycles. The van der Waals surface area contributed by atoms with Gasteiger partial charge in [-0.25, -0.2) is 8.42 Å². The van der Waals surface area contributed by atoms with Crippen molar-refractivity contribution in [2.45, 2.75) is 55.4 Å². The second-order valence-electron chi connectivity index (χ2n) is 13.0. The van der Waals surface area contributed by atoms with Crippen LogP contribution in [0, 0.1) is 0 Å². The normalized spacial score (nSPS) is 20.9. The van der Waals surface area contributed by atoms with Crippen molar-refractivity contribution in [1.29, 1.82) is 0 Å². The Morgan fingerprint density at radius 2 is 1.60 bits per heavy atom. The fraction of sp³-hybridized carbons (Fsp3) is 0.432. The molecule has 0 aromatic heterocycles. The van der Waals surface area contributed by atoms with Gasteiger partial charge in [0.1, 0.15) is 0 Å². The molecule has 7 rings (SSSR count). The van der Waals surface area contributed by atoms with E-state index in [4.69, 9.17) is 14.2 Å². The Morgan fingerprint density at radius 3 is 2.30 bits per heavy atom. The number of sulfone groups is 1. The highest BCUT2D eigenvalue weighted by Gasteiger charge is 2.41. The minimum absolute atomic E-state index is 0.112. The third kappa shape index (κ3) is 7.17. The SMILES string of the molecule is CN(Cc1ccc(NC(=O)C2=Cc3cc(-c4ccc(N5CCOCC5)cc4)ccc3S(=O)(=O)CC2)cc1)C1CCC2(CC1)OCCO2. The van der Waals surface area contributed by atoms with Crippen LogP contribution in [0.15, 0.2) is 77.2 Å². The fourth-order valence-corrected chi connectivity index (χ4v) is 8.66. The molecule has 47 heavy (non-hydrogen) atoms. The van der Waals surface area contributed by atoms with Gasteiger partial charge in [0.05, 0.1) is 37.1 Å². The van der Waals surface area contributed by atoms with Crippen LogP contribution >= 0.6 is 0 Å². The molecule has 3 aromatic carbocycles. The molecule has 0 atom stereocenters. The van der Waals surface area contributed by atoms with Gasteiger partial charge < -0.3 is 24.4 Å². The fourth-order valence-electron chi connectivity index (χ4n) is 7.19. The Balaban J connectivity index is 1.01. The first-order chi connectivity index (χ1) is 22.8. The van der Waals surface area contributed by atoms with Crippen molar-refractivity contribution in [3.8, 4) is 11.1 Å². The predicted molar refractivity (Wildman–Crippen MR) is 183 cm³/mol. The van der Waals surface area contributed by atoms with E-state index in [9.17, 15) is 13.2 Å². The number of rotatable bonds is 7. The van der Waals surface area contributed by atoms with Crippen molar-refractivity contribution in [3.05, 3.63) is 83.4 Å². The van der Waals surface area contributed by atoms with Crippen molar-refractivity contribution in [1.82, 2.24) is 4.90 Å². The van der Waals surface area contributed by atoms with Crippen molar-refractivity contribution in [2.24, 2.45) is 0 Å². The molecular weight excluding hydrogens is 614 g/mol. The molecule has 1 saturated carbocycles. The molecule has 3 fully saturated rings. The molecule has 1 aliphatic carbocycles. The molecule has 2 saturated heterocycles. The molecule has 248 valence electrons. The van der Waals surface area contributed by atoms with Gasteiger partial charge in [-0.1, -0.05) is 30.3 Å². The predicted octanol–water partition coefficient (Wildman–Crippen LogP) is 5.51. The molecule has 1 spiro atoms. The maximum absolute atomic E-state index is 13.4. The number of hydrogen-bond acceptors (Lipinski definition) is 8. The van der Waals surface area contributed by atoms with Gasteiger partial charge in [0.2, 0.25) is 0 Å². The van der Waals surface area contributed by atoms with Gasteiger partial charge in [-0.2, -0.15) is 0 Å². The molecular formula is C37H43N3O6S. The summed E-state index contributed by atoms with van der Waals surface area (Å²) in [4.78, 5) is 18.4. The van der Waals surface area contributed by atoms with Gasteiger partial charge in [0, 0.05) is 55.5 Å². The third-order valence-corrected chi connectivity index (χ3v) is 11.8. The van der Waals surface area contributed by atoms with E-state index in [1.807, 2.05) is 36.4 Å². The van der Waals surface area contributed by atoms with Crippen LogP contribution in [-0.4, -0.2) is 83.4 Å². The Kier molecular flexibility index (Phi) is 9.22. The first-order valence-corrected chi connectivity index (χ1v) is 18.3. The van der Waals surface area contributed by atoms with E-state index in [1.54, 1.807) is 12.1 Å². The molecule has 1 N–H and O–H groups in total. The average molecular weight is 658 g/mol. The monoisotopic (exact) mass is 657 g/mol. The number of carbonyl (C=O) groups is 1. The number of amides is 1. The van der Waals surface area contributed by atoms with E-state index in [-0.39, 0.29) is 28.8 Å². The van der Waals surface area contributed by atoms with E-state index in [0.717, 1.165) is 75.3 Å². The van der Waals surface area contributed by atoms with E-state index < -0.39 is 9.84 Å². The number of nitrogens with one attached hydrogen (secondary N) is 1. The van der Waals surface area contributed by atoms with Gasteiger partial charge in [0.15, 0.2) is 15.6 Å². The van der Waals surface area contributed by atoms with E-state index >= 15 is 0 Å². The van der Waals surface area contributed by atoms with Gasteiger partial charge >= 0.3 is 0 Å². The van der Waals surface area contributed by atoms with Crippen LogP contribution in [-0.2, 0) is 35.4 Å². The summed E-state index contributed by atoms with van der Waals surface area (Å²) < 4.78 is 43.6. The number of morpholine rings is 1. The van der Waals surface area contributed by atoms with Crippen LogP contribution in [0.25, 0.3) is 17.2 Å². The number of nitrogens with zero attached hydrogens (tertiary/aromatic N) is 2. The molecule has 0 unspecified atom stereocenters. The molecule has 3 aliphatic heterocycles. The number of benzene rings is 3. The summed E-state index contributed by atoms with van der Waals surface area (Å²) in [5.74, 6) is -0.752. The lowest BCUT2D eigenvalue weighted by molar-refractivity contribution is -0.183. The second-order valence-corrected chi connectivity index (χ2v) is 15.1. The first kappa shape index (κ1) is 32.0. The van der Waals surface area contributed by atoms with Crippen molar-refractivity contribution >= 4 is 33.2 Å². The Morgan fingerprint density at radius 1 is 0.915 bits per heavy atom. The minimum Gasteiger partial charge on any atom is -0.378 e. The maximum atomic E-state index is 13.4. The van der Waals surface area contributed by atoms with Crippen LogP contribution in [0.1, 0.15) is 43.2 Å². The smallest absolute Gasteiger partial charge is 0.251 e. The summed E-state index contributed by atoms with van der Waals surface area (Å²) in [5.41, 5.74) is 5.86. The first-order valence-electron chi connectivity index (χ1n) is 16.7. The molecule has 0 radical (unpaired) electrons. The highest BCUT2D eigenvalue weighted by Crippen LogP contribution is 2.37. The maximum Gasteiger partial charge on any atom is 0.251 e. The summed E-state index contributed by atoms with van der Waals surface area (Å²) in [6, 6.07) is 22.1. The quantitative estimate of drug-likeness (QED) is 0.356. The lowest BCUT2D eigenvalue weighted by atomic mass is 9.89. The largest absolute Gasteiger partial charge is 0.378 e. The minimum atomic E-state index is -3.54. The molecule has 1 amide bonds. The lowest BCUT2D eigenvalue weighted by Crippen LogP contribution is -2.42. The van der Waals surface area contributed by atoms with Crippen LogP contribution in [0.2, 0.25) is 0 Å². The topological polar surface area (TPSA) is 97.4 Å². The number of carbonyl (C=O) groups excluding carboxylic acids is 1. The van der Waals surface area contributed by atoms with Gasteiger partial charge in [0.25, 0.3) is 5.91 Å². The molecule has 4 aliphatic rings. The van der Waals surface area contributed by atoms with Gasteiger partial charge in [-0.05, 0) is 91.0 Å². The summed E-state index contributed by atoms with van der Waals surface area (Å²) in [6.07, 6.45) is 5.83. The molecule has 9 nitrogen and oxygen atoms in total. The molecule has 3 aromatic rings. The van der Waals surface area contributed by atoms with Crippen LogP contribution in [0.4, 0.5) is 11.4 Å². The van der Waals surface area contributed by atoms with Crippen molar-refractivity contribution < 1.29 is 27.4 Å². The Bertz CT molecular complexity index is 1720. The van der Waals surface area contributed by atoms with Gasteiger partial charge in [-0.3, -0.25) is 9.69 Å². The van der Waals surface area contributed by atoms with Gasteiger partial charge in [-0.15, -0.1) is 0 Å². The third-order valence-electron chi connectivity index (χ3n) is 9.98. The highest BCUT2D eigenvalue weighted by atomic mass is 32.2. The summed E-state index contributed by atoms with van der Waals surface area (Å²) in [6.45, 7) is 5.37. The Hall–Kier alpha value is -3.54. The standard InChI is InChI=1S/C37H43N3O6S/c1-39(33-12-15-37(16-13-33)45-21-22-46-37)26-27-2-7-32(8-3-27)38-36(41)30-14-23-47(42,43)35-11-6-29(24-31(35)25-30)28-4-9-34(10-5-28)40-17-19-44-20-18-40/h2-11,24-25,33H,12-23,26H2,1H3,(H,38,41). The number of hydrogen-bond donors (Lipinski definition) is 1. The van der Waals surface area contributed by atoms with E-state index in [0.29, 0.717) is 36.1 Å². The second kappa shape index (κ2) is 13.5. The summed E-state index contributed by atoms with van der Waals surface area (Å²) in [5, 5.41) is 3.00. The highest BCUT2D eigenvalue weighted by molar-refractivity contribution is 7.91. The summed E-state index contributed by atoms with van der Waals surface area (Å²) >= 11 is 0. The van der Waals surface area contributed by atoms with E-state index in [2.05, 4.69) is 46.4 Å². The zero-order chi connectivity index (χ0) is 32.4. The van der Waals surface area contributed by atoms with Crippen LogP contribution in [0.3, 0.4) is 0 Å². The number of ether oxygens (including phenoxy) is 3. The van der Waals surface area contributed by atoms with Crippen molar-refractivity contribution in [3.63, 3.8) is 0 Å².